The molecule has 1 amide bonds. The van der Waals surface area contributed by atoms with Crippen molar-refractivity contribution < 1.29 is 9.90 Å². The summed E-state index contributed by atoms with van der Waals surface area (Å²) in [6, 6.07) is 7.13. The van der Waals surface area contributed by atoms with Gasteiger partial charge in [0.15, 0.2) is 0 Å². The molecule has 0 saturated carbocycles. The molecular formula is C14H16N4O2. The molecular weight excluding hydrogens is 256 g/mol. The molecule has 0 saturated heterocycles. The van der Waals surface area contributed by atoms with E-state index < -0.39 is 0 Å². The molecule has 104 valence electrons. The predicted molar refractivity (Wildman–Crippen MR) is 75.2 cm³/mol. The van der Waals surface area contributed by atoms with Crippen molar-refractivity contribution >= 4 is 11.6 Å². The summed E-state index contributed by atoms with van der Waals surface area (Å²) in [7, 11) is 0. The van der Waals surface area contributed by atoms with Gasteiger partial charge in [-0.1, -0.05) is 0 Å². The highest BCUT2D eigenvalue weighted by atomic mass is 16.3. The first-order valence-electron chi connectivity index (χ1n) is 6.26. The van der Waals surface area contributed by atoms with Crippen LogP contribution in [0.4, 0.5) is 5.69 Å². The molecule has 3 N–H and O–H groups in total. The number of carbonyl (C=O) groups is 1. The van der Waals surface area contributed by atoms with Gasteiger partial charge in [0.2, 0.25) is 0 Å². The number of benzene rings is 1. The second kappa shape index (κ2) is 7.20. The topological polar surface area (TPSA) is 87.1 Å². The molecule has 6 nitrogen and oxygen atoms in total. The molecule has 1 heterocycles. The van der Waals surface area contributed by atoms with Gasteiger partial charge < -0.3 is 15.7 Å². The smallest absolute Gasteiger partial charge is 0.251 e. The lowest BCUT2D eigenvalue weighted by Crippen LogP contribution is -2.26. The Labute approximate surface area is 116 Å². The molecule has 2 aromatic rings. The number of anilines is 1. The van der Waals surface area contributed by atoms with E-state index >= 15 is 0 Å². The van der Waals surface area contributed by atoms with Crippen LogP contribution in [0.2, 0.25) is 0 Å². The second-order valence-electron chi connectivity index (χ2n) is 4.16. The van der Waals surface area contributed by atoms with Gasteiger partial charge in [0.25, 0.3) is 5.91 Å². The molecule has 1 aromatic carbocycles. The van der Waals surface area contributed by atoms with Crippen LogP contribution in [0.15, 0.2) is 43.0 Å². The Bertz CT molecular complexity index is 543. The maximum Gasteiger partial charge on any atom is 0.251 e. The zero-order valence-corrected chi connectivity index (χ0v) is 10.9. The van der Waals surface area contributed by atoms with Gasteiger partial charge in [0.05, 0.1) is 6.61 Å². The highest BCUT2D eigenvalue weighted by Gasteiger charge is 2.04. The van der Waals surface area contributed by atoms with E-state index in [4.69, 9.17) is 5.11 Å². The van der Waals surface area contributed by atoms with Crippen molar-refractivity contribution in [2.24, 2.45) is 0 Å². The fourth-order valence-electron chi connectivity index (χ4n) is 1.64. The van der Waals surface area contributed by atoms with Crippen molar-refractivity contribution in [3.63, 3.8) is 0 Å². The Hall–Kier alpha value is -2.47. The molecule has 0 bridgehead atoms. The second-order valence-corrected chi connectivity index (χ2v) is 4.16. The van der Waals surface area contributed by atoms with E-state index in [-0.39, 0.29) is 19.1 Å². The molecule has 6 heteroatoms. The summed E-state index contributed by atoms with van der Waals surface area (Å²) in [4.78, 5) is 19.5. The molecule has 0 aliphatic carbocycles. The molecule has 2 rings (SSSR count). The van der Waals surface area contributed by atoms with Crippen LogP contribution >= 0.6 is 0 Å². The monoisotopic (exact) mass is 272 g/mol. The van der Waals surface area contributed by atoms with Crippen molar-refractivity contribution in [2.45, 2.75) is 6.54 Å². The van der Waals surface area contributed by atoms with Gasteiger partial charge in [-0.2, -0.15) is 0 Å². The van der Waals surface area contributed by atoms with Crippen LogP contribution in [0, 0.1) is 0 Å². The van der Waals surface area contributed by atoms with Gasteiger partial charge >= 0.3 is 0 Å². The average Bonchev–Trinajstić information content (AvgIpc) is 2.52. The Morgan fingerprint density at radius 3 is 2.50 bits per heavy atom. The van der Waals surface area contributed by atoms with Crippen molar-refractivity contribution in [1.29, 1.82) is 0 Å². The van der Waals surface area contributed by atoms with Crippen LogP contribution in [0.25, 0.3) is 0 Å². The molecule has 0 atom stereocenters. The average molecular weight is 272 g/mol. The summed E-state index contributed by atoms with van der Waals surface area (Å²) in [5.41, 5.74) is 2.46. The first-order chi connectivity index (χ1) is 9.79. The number of rotatable bonds is 6. The number of nitrogens with zero attached hydrogens (tertiary/aromatic N) is 2. The van der Waals surface area contributed by atoms with Crippen molar-refractivity contribution in [2.75, 3.05) is 18.5 Å². The van der Waals surface area contributed by atoms with Gasteiger partial charge in [0, 0.05) is 42.3 Å². The van der Waals surface area contributed by atoms with Gasteiger partial charge in [-0.3, -0.25) is 4.79 Å². The maximum absolute atomic E-state index is 11.6. The van der Waals surface area contributed by atoms with Crippen LogP contribution < -0.4 is 10.6 Å². The number of amides is 1. The summed E-state index contributed by atoms with van der Waals surface area (Å²) in [6.45, 7) is 0.814. The Morgan fingerprint density at radius 1 is 1.15 bits per heavy atom. The standard InChI is InChI=1S/C14H16N4O2/c19-6-5-17-14(20)12-1-3-13(4-2-12)18-9-11-7-15-10-16-8-11/h1-4,7-8,10,18-19H,5-6,9H2,(H,17,20). The van der Waals surface area contributed by atoms with Crippen molar-refractivity contribution in [3.8, 4) is 0 Å². The summed E-state index contributed by atoms with van der Waals surface area (Å²) >= 11 is 0. The van der Waals surface area contributed by atoms with E-state index in [9.17, 15) is 4.79 Å². The fraction of sp³-hybridized carbons (Fsp3) is 0.214. The largest absolute Gasteiger partial charge is 0.395 e. The van der Waals surface area contributed by atoms with Crippen LogP contribution in [-0.4, -0.2) is 34.1 Å². The van der Waals surface area contributed by atoms with Crippen LogP contribution in [-0.2, 0) is 6.54 Å². The Kier molecular flexibility index (Phi) is 5.02. The van der Waals surface area contributed by atoms with Gasteiger partial charge in [-0.05, 0) is 24.3 Å². The van der Waals surface area contributed by atoms with E-state index in [2.05, 4.69) is 20.6 Å². The summed E-state index contributed by atoms with van der Waals surface area (Å²) in [6.07, 6.45) is 4.98. The molecule has 0 unspecified atom stereocenters. The van der Waals surface area contributed by atoms with E-state index in [0.717, 1.165) is 11.3 Å². The third-order valence-electron chi connectivity index (χ3n) is 2.66. The molecule has 20 heavy (non-hydrogen) atoms. The molecule has 0 radical (unpaired) electrons. The van der Waals surface area contributed by atoms with Crippen LogP contribution in [0.5, 0.6) is 0 Å². The summed E-state index contributed by atoms with van der Waals surface area (Å²) in [5.74, 6) is -0.193. The van der Waals surface area contributed by atoms with Gasteiger partial charge in [-0.15, -0.1) is 0 Å². The Balaban J connectivity index is 1.90. The number of aromatic nitrogens is 2. The SMILES string of the molecule is O=C(NCCO)c1ccc(NCc2cncnc2)cc1. The van der Waals surface area contributed by atoms with Crippen LogP contribution in [0.3, 0.4) is 0 Å². The maximum atomic E-state index is 11.6. The van der Waals surface area contributed by atoms with E-state index in [1.54, 1.807) is 24.5 Å². The normalized spacial score (nSPS) is 10.1. The minimum atomic E-state index is -0.193. The molecule has 1 aromatic heterocycles. The third kappa shape index (κ3) is 4.03. The van der Waals surface area contributed by atoms with Crippen LogP contribution in [0.1, 0.15) is 15.9 Å². The lowest BCUT2D eigenvalue weighted by atomic mass is 10.2. The van der Waals surface area contributed by atoms with E-state index in [1.807, 2.05) is 12.1 Å². The summed E-state index contributed by atoms with van der Waals surface area (Å²) < 4.78 is 0. The first kappa shape index (κ1) is 14.0. The van der Waals surface area contributed by atoms with Crippen molar-refractivity contribution in [3.05, 3.63) is 54.1 Å². The third-order valence-corrected chi connectivity index (χ3v) is 2.66. The van der Waals surface area contributed by atoms with E-state index in [1.165, 1.54) is 6.33 Å². The minimum absolute atomic E-state index is 0.0650. The number of hydrogen-bond acceptors (Lipinski definition) is 5. The van der Waals surface area contributed by atoms with Gasteiger partial charge in [-0.25, -0.2) is 9.97 Å². The fourth-order valence-corrected chi connectivity index (χ4v) is 1.64. The predicted octanol–water partition coefficient (Wildman–Crippen LogP) is 0.811. The quantitative estimate of drug-likeness (QED) is 0.724. The molecule has 0 spiro atoms. The summed E-state index contributed by atoms with van der Waals surface area (Å²) in [5, 5.41) is 14.5. The number of hydrogen-bond donors (Lipinski definition) is 3. The Morgan fingerprint density at radius 2 is 1.85 bits per heavy atom. The molecule has 0 aliphatic rings. The lowest BCUT2D eigenvalue weighted by molar-refractivity contribution is 0.0945. The lowest BCUT2D eigenvalue weighted by Gasteiger charge is -2.07. The van der Waals surface area contributed by atoms with Crippen molar-refractivity contribution in [1.82, 2.24) is 15.3 Å². The molecule has 0 aliphatic heterocycles. The first-order valence-corrected chi connectivity index (χ1v) is 6.26. The highest BCUT2D eigenvalue weighted by Crippen LogP contribution is 2.10. The highest BCUT2D eigenvalue weighted by molar-refractivity contribution is 5.94. The molecule has 0 fully saturated rings. The number of aliphatic hydroxyl groups excluding tert-OH is 1. The van der Waals surface area contributed by atoms with Gasteiger partial charge in [0.1, 0.15) is 6.33 Å². The number of carbonyl (C=O) groups excluding carboxylic acids is 1. The van der Waals surface area contributed by atoms with E-state index in [0.29, 0.717) is 12.1 Å². The number of nitrogens with one attached hydrogen (secondary N) is 2. The number of aliphatic hydroxyl groups is 1. The minimum Gasteiger partial charge on any atom is -0.395 e. The zero-order chi connectivity index (χ0) is 14.2. The zero-order valence-electron chi connectivity index (χ0n) is 10.9.